The minimum Gasteiger partial charge on any atom is -0.350 e. The third-order valence-corrected chi connectivity index (χ3v) is 5.37. The number of nitrogens with zero attached hydrogens (tertiary/aromatic N) is 2. The quantitative estimate of drug-likeness (QED) is 0.789. The SMILES string of the molecule is CC(C)(C(=O)NCc1ccccn1)c1ccc(S(=O)(=O)C=CC#N)cc1. The van der Waals surface area contributed by atoms with Gasteiger partial charge in [-0.25, -0.2) is 8.42 Å². The lowest BCUT2D eigenvalue weighted by atomic mass is 9.84. The Morgan fingerprint density at radius 3 is 2.50 bits per heavy atom. The number of sulfone groups is 1. The smallest absolute Gasteiger partial charge is 0.230 e. The van der Waals surface area contributed by atoms with Gasteiger partial charge in [0.2, 0.25) is 15.7 Å². The molecule has 1 N–H and O–H groups in total. The van der Waals surface area contributed by atoms with Crippen LogP contribution in [0.4, 0.5) is 0 Å². The maximum atomic E-state index is 12.6. The van der Waals surface area contributed by atoms with Crippen LogP contribution in [0.15, 0.2) is 65.0 Å². The highest BCUT2D eigenvalue weighted by Gasteiger charge is 2.29. The molecule has 0 saturated heterocycles. The molecule has 0 aliphatic heterocycles. The highest BCUT2D eigenvalue weighted by molar-refractivity contribution is 7.94. The molecule has 26 heavy (non-hydrogen) atoms. The number of allylic oxidation sites excluding steroid dienone is 1. The van der Waals surface area contributed by atoms with Crippen LogP contribution in [0.1, 0.15) is 25.1 Å². The van der Waals surface area contributed by atoms with Gasteiger partial charge in [-0.15, -0.1) is 0 Å². The summed E-state index contributed by atoms with van der Waals surface area (Å²) in [7, 11) is -3.66. The van der Waals surface area contributed by atoms with Gasteiger partial charge >= 0.3 is 0 Å². The first-order valence-electron chi connectivity index (χ1n) is 7.87. The first-order chi connectivity index (χ1) is 12.3. The van der Waals surface area contributed by atoms with E-state index in [1.807, 2.05) is 12.1 Å². The summed E-state index contributed by atoms with van der Waals surface area (Å²) in [6, 6.07) is 13.2. The lowest BCUT2D eigenvalue weighted by Gasteiger charge is -2.24. The average molecular weight is 369 g/mol. The molecule has 1 heterocycles. The molecule has 0 saturated carbocycles. The number of rotatable bonds is 6. The maximum absolute atomic E-state index is 12.6. The van der Waals surface area contributed by atoms with Crippen LogP contribution >= 0.6 is 0 Å². The molecule has 2 rings (SSSR count). The molecule has 0 unspecified atom stereocenters. The van der Waals surface area contributed by atoms with Crippen molar-refractivity contribution in [2.75, 3.05) is 0 Å². The van der Waals surface area contributed by atoms with Crippen LogP contribution in [0.25, 0.3) is 0 Å². The Balaban J connectivity index is 2.14. The highest BCUT2D eigenvalue weighted by atomic mass is 32.2. The number of hydrogen-bond donors (Lipinski definition) is 1. The second-order valence-electron chi connectivity index (χ2n) is 6.13. The van der Waals surface area contributed by atoms with Crippen LogP contribution < -0.4 is 5.32 Å². The number of hydrogen-bond acceptors (Lipinski definition) is 5. The Hall–Kier alpha value is -2.98. The minimum absolute atomic E-state index is 0.0671. The molecule has 0 aliphatic carbocycles. The number of pyridine rings is 1. The van der Waals surface area contributed by atoms with Gasteiger partial charge in [0.05, 0.1) is 28.6 Å². The van der Waals surface area contributed by atoms with E-state index in [0.717, 1.165) is 17.2 Å². The van der Waals surface area contributed by atoms with E-state index in [9.17, 15) is 13.2 Å². The van der Waals surface area contributed by atoms with Crippen molar-refractivity contribution in [2.45, 2.75) is 30.7 Å². The fourth-order valence-electron chi connectivity index (χ4n) is 2.29. The van der Waals surface area contributed by atoms with Gasteiger partial charge in [0.1, 0.15) is 0 Å². The lowest BCUT2D eigenvalue weighted by molar-refractivity contribution is -0.125. The summed E-state index contributed by atoms with van der Waals surface area (Å²) in [5, 5.41) is 12.2. The van der Waals surface area contributed by atoms with E-state index in [4.69, 9.17) is 5.26 Å². The normalized spacial score (nSPS) is 11.9. The van der Waals surface area contributed by atoms with Crippen LogP contribution in [0, 0.1) is 11.3 Å². The lowest BCUT2D eigenvalue weighted by Crippen LogP contribution is -2.39. The zero-order chi connectivity index (χ0) is 19.2. The molecule has 0 atom stereocenters. The molecular weight excluding hydrogens is 350 g/mol. The Labute approximate surface area is 153 Å². The standard InChI is InChI=1S/C19H19N3O3S/c1-19(2,18(23)22-14-16-6-3-4-12-21-16)15-7-9-17(10-8-15)26(24,25)13-5-11-20/h3-10,12-13H,14H2,1-2H3,(H,22,23). The maximum Gasteiger partial charge on any atom is 0.230 e. The molecule has 1 amide bonds. The topological polar surface area (TPSA) is 99.9 Å². The third kappa shape index (κ3) is 4.55. The van der Waals surface area contributed by atoms with Crippen LogP contribution in [-0.4, -0.2) is 19.3 Å². The van der Waals surface area contributed by atoms with Crippen molar-refractivity contribution >= 4 is 15.7 Å². The third-order valence-electron chi connectivity index (χ3n) is 3.95. The van der Waals surface area contributed by atoms with E-state index in [0.29, 0.717) is 12.1 Å². The number of amides is 1. The van der Waals surface area contributed by atoms with E-state index in [-0.39, 0.29) is 10.8 Å². The number of nitrogens with one attached hydrogen (secondary N) is 1. The van der Waals surface area contributed by atoms with Crippen molar-refractivity contribution in [1.82, 2.24) is 10.3 Å². The van der Waals surface area contributed by atoms with Crippen molar-refractivity contribution in [2.24, 2.45) is 0 Å². The van der Waals surface area contributed by atoms with E-state index in [2.05, 4.69) is 10.3 Å². The van der Waals surface area contributed by atoms with Crippen molar-refractivity contribution in [1.29, 1.82) is 5.26 Å². The van der Waals surface area contributed by atoms with Gasteiger partial charge in [-0.2, -0.15) is 5.26 Å². The van der Waals surface area contributed by atoms with E-state index < -0.39 is 15.3 Å². The average Bonchev–Trinajstić information content (AvgIpc) is 2.65. The van der Waals surface area contributed by atoms with Crippen molar-refractivity contribution < 1.29 is 13.2 Å². The first kappa shape index (κ1) is 19.3. The molecule has 134 valence electrons. The number of nitriles is 1. The summed E-state index contributed by atoms with van der Waals surface area (Å²) in [6.07, 6.45) is 2.57. The largest absolute Gasteiger partial charge is 0.350 e. The van der Waals surface area contributed by atoms with Crippen LogP contribution in [0.3, 0.4) is 0 Å². The van der Waals surface area contributed by atoms with Gasteiger partial charge in [0, 0.05) is 17.7 Å². The van der Waals surface area contributed by atoms with E-state index >= 15 is 0 Å². The number of benzene rings is 1. The summed E-state index contributed by atoms with van der Waals surface area (Å²) < 4.78 is 24.0. The number of aromatic nitrogens is 1. The molecule has 0 aliphatic rings. The zero-order valence-electron chi connectivity index (χ0n) is 14.5. The van der Waals surface area contributed by atoms with Crippen molar-refractivity contribution in [3.63, 3.8) is 0 Å². The Bertz CT molecular complexity index is 942. The summed E-state index contributed by atoms with van der Waals surface area (Å²) >= 11 is 0. The van der Waals surface area contributed by atoms with Crippen LogP contribution in [0.5, 0.6) is 0 Å². The Morgan fingerprint density at radius 2 is 1.92 bits per heavy atom. The van der Waals surface area contributed by atoms with Gasteiger partial charge in [0.25, 0.3) is 0 Å². The molecule has 1 aromatic carbocycles. The zero-order valence-corrected chi connectivity index (χ0v) is 15.3. The van der Waals surface area contributed by atoms with Gasteiger partial charge in [-0.1, -0.05) is 18.2 Å². The predicted octanol–water partition coefficient (Wildman–Crippen LogP) is 2.49. The molecule has 2 aromatic rings. The summed E-state index contributed by atoms with van der Waals surface area (Å²) in [6.45, 7) is 3.84. The Kier molecular flexibility index (Phi) is 5.90. The number of carbonyl (C=O) groups is 1. The Morgan fingerprint density at radius 1 is 1.23 bits per heavy atom. The fourth-order valence-corrected chi connectivity index (χ4v) is 3.20. The minimum atomic E-state index is -3.66. The molecule has 0 spiro atoms. The highest BCUT2D eigenvalue weighted by Crippen LogP contribution is 2.25. The van der Waals surface area contributed by atoms with Crippen molar-refractivity contribution in [3.05, 3.63) is 71.4 Å². The van der Waals surface area contributed by atoms with Crippen LogP contribution in [-0.2, 0) is 26.6 Å². The van der Waals surface area contributed by atoms with Gasteiger partial charge in [-0.05, 0) is 43.7 Å². The summed E-state index contributed by atoms with van der Waals surface area (Å²) in [5.74, 6) is -0.192. The monoisotopic (exact) mass is 369 g/mol. The molecular formula is C19H19N3O3S. The fraction of sp³-hybridized carbons (Fsp3) is 0.211. The van der Waals surface area contributed by atoms with Crippen molar-refractivity contribution in [3.8, 4) is 6.07 Å². The summed E-state index contributed by atoms with van der Waals surface area (Å²) in [4.78, 5) is 16.8. The first-order valence-corrected chi connectivity index (χ1v) is 9.42. The van der Waals surface area contributed by atoms with Gasteiger partial charge in [-0.3, -0.25) is 9.78 Å². The molecule has 0 bridgehead atoms. The molecule has 0 radical (unpaired) electrons. The van der Waals surface area contributed by atoms with Crippen LogP contribution in [0.2, 0.25) is 0 Å². The second kappa shape index (κ2) is 7.93. The van der Waals surface area contributed by atoms with E-state index in [1.54, 1.807) is 44.3 Å². The van der Waals surface area contributed by atoms with Gasteiger partial charge < -0.3 is 5.32 Å². The molecule has 1 aromatic heterocycles. The summed E-state index contributed by atoms with van der Waals surface area (Å²) in [5.41, 5.74) is 0.584. The van der Waals surface area contributed by atoms with E-state index in [1.165, 1.54) is 12.1 Å². The predicted molar refractivity (Wildman–Crippen MR) is 97.5 cm³/mol. The second-order valence-corrected chi connectivity index (χ2v) is 7.96. The number of carbonyl (C=O) groups excluding carboxylic acids is 1. The van der Waals surface area contributed by atoms with Gasteiger partial charge in [0.15, 0.2) is 0 Å². The molecule has 0 fully saturated rings. The molecule has 6 nitrogen and oxygen atoms in total. The molecule has 7 heteroatoms.